The molecule has 0 spiro atoms. The first-order valence-corrected chi connectivity index (χ1v) is 7.28. The Labute approximate surface area is 126 Å². The van der Waals surface area contributed by atoms with Crippen molar-refractivity contribution in [2.24, 2.45) is 0 Å². The Morgan fingerprint density at radius 3 is 2.80 bits per heavy atom. The van der Waals surface area contributed by atoms with Crippen LogP contribution < -0.4 is 10.6 Å². The van der Waals surface area contributed by atoms with Gasteiger partial charge in [-0.15, -0.1) is 0 Å². The molecule has 1 atom stereocenters. The van der Waals surface area contributed by atoms with Gasteiger partial charge in [0.15, 0.2) is 5.65 Å². The maximum absolute atomic E-state index is 11.8. The number of halogens is 1. The van der Waals surface area contributed by atoms with Gasteiger partial charge >= 0.3 is 0 Å². The molecule has 2 rings (SSSR count). The third-order valence-electron chi connectivity index (χ3n) is 2.85. The summed E-state index contributed by atoms with van der Waals surface area (Å²) in [5, 5.41) is 6.07. The van der Waals surface area contributed by atoms with Gasteiger partial charge in [0.05, 0.1) is 24.1 Å². The average molecular weight is 340 g/mol. The van der Waals surface area contributed by atoms with Crippen molar-refractivity contribution in [3.63, 3.8) is 0 Å². The Morgan fingerprint density at radius 1 is 1.35 bits per heavy atom. The number of nitrogens with one attached hydrogen (secondary N) is 2. The summed E-state index contributed by atoms with van der Waals surface area (Å²) in [4.78, 5) is 20.2. The zero-order valence-corrected chi connectivity index (χ0v) is 13.3. The minimum atomic E-state index is -0.256. The van der Waals surface area contributed by atoms with Crippen LogP contribution in [0, 0.1) is 0 Å². The van der Waals surface area contributed by atoms with Crippen molar-refractivity contribution in [2.45, 2.75) is 39.4 Å². The number of fused-ring (bicyclic) bond motifs is 1. The summed E-state index contributed by atoms with van der Waals surface area (Å²) in [6.45, 7) is 6.29. The Hall–Kier alpha value is -1.47. The minimum absolute atomic E-state index is 0.00309. The first-order chi connectivity index (χ1) is 9.47. The SMILES string of the molecule is CC(C)NC(=O)C(C)NCc1cnc2cnc(Br)cn12. The molecule has 0 radical (unpaired) electrons. The molecule has 0 aromatic carbocycles. The predicted octanol–water partition coefficient (Wildman–Crippen LogP) is 1.49. The van der Waals surface area contributed by atoms with Crippen LogP contribution in [-0.4, -0.2) is 32.4 Å². The first kappa shape index (κ1) is 14.9. The van der Waals surface area contributed by atoms with Crippen molar-refractivity contribution in [1.29, 1.82) is 0 Å². The van der Waals surface area contributed by atoms with Gasteiger partial charge in [-0.25, -0.2) is 9.97 Å². The van der Waals surface area contributed by atoms with Gasteiger partial charge < -0.3 is 10.6 Å². The monoisotopic (exact) mass is 339 g/mol. The van der Waals surface area contributed by atoms with Gasteiger partial charge in [0.2, 0.25) is 5.91 Å². The van der Waals surface area contributed by atoms with Crippen molar-refractivity contribution in [2.75, 3.05) is 0 Å². The van der Waals surface area contributed by atoms with E-state index >= 15 is 0 Å². The van der Waals surface area contributed by atoms with Crippen molar-refractivity contribution in [1.82, 2.24) is 25.0 Å². The van der Waals surface area contributed by atoms with Gasteiger partial charge in [-0.3, -0.25) is 9.20 Å². The summed E-state index contributed by atoms with van der Waals surface area (Å²) in [6.07, 6.45) is 5.34. The Balaban J connectivity index is 2.02. The highest BCUT2D eigenvalue weighted by Gasteiger charge is 2.13. The molecule has 2 aromatic rings. The molecular formula is C13H18BrN5O. The van der Waals surface area contributed by atoms with E-state index in [0.717, 1.165) is 15.9 Å². The second-order valence-corrected chi connectivity index (χ2v) is 5.77. The van der Waals surface area contributed by atoms with Gasteiger partial charge in [-0.1, -0.05) is 0 Å². The van der Waals surface area contributed by atoms with Crippen LogP contribution in [0.3, 0.4) is 0 Å². The molecule has 2 aromatic heterocycles. The molecule has 20 heavy (non-hydrogen) atoms. The van der Waals surface area contributed by atoms with E-state index in [-0.39, 0.29) is 18.0 Å². The Kier molecular flexibility index (Phi) is 4.72. The molecule has 2 N–H and O–H groups in total. The van der Waals surface area contributed by atoms with Crippen LogP contribution in [-0.2, 0) is 11.3 Å². The minimum Gasteiger partial charge on any atom is -0.353 e. The molecular weight excluding hydrogens is 322 g/mol. The second kappa shape index (κ2) is 6.32. The van der Waals surface area contributed by atoms with E-state index in [4.69, 9.17) is 0 Å². The van der Waals surface area contributed by atoms with E-state index in [2.05, 4.69) is 36.5 Å². The van der Waals surface area contributed by atoms with E-state index in [9.17, 15) is 4.79 Å². The number of carbonyl (C=O) groups is 1. The van der Waals surface area contributed by atoms with Gasteiger partial charge in [-0.2, -0.15) is 0 Å². The number of nitrogens with zero attached hydrogens (tertiary/aromatic N) is 3. The maximum atomic E-state index is 11.8. The molecule has 0 saturated heterocycles. The first-order valence-electron chi connectivity index (χ1n) is 6.48. The van der Waals surface area contributed by atoms with Crippen molar-refractivity contribution in [3.8, 4) is 0 Å². The Bertz CT molecular complexity index is 610. The summed E-state index contributed by atoms with van der Waals surface area (Å²) >= 11 is 3.34. The smallest absolute Gasteiger partial charge is 0.237 e. The van der Waals surface area contributed by atoms with Crippen LogP contribution in [0.15, 0.2) is 23.2 Å². The molecule has 6 nitrogen and oxygen atoms in total. The van der Waals surface area contributed by atoms with E-state index in [1.54, 1.807) is 12.4 Å². The zero-order valence-electron chi connectivity index (χ0n) is 11.7. The summed E-state index contributed by atoms with van der Waals surface area (Å²) in [5.41, 5.74) is 1.76. The number of hydrogen-bond donors (Lipinski definition) is 2. The summed E-state index contributed by atoms with van der Waals surface area (Å²) < 4.78 is 2.69. The fourth-order valence-electron chi connectivity index (χ4n) is 1.81. The maximum Gasteiger partial charge on any atom is 0.237 e. The average Bonchev–Trinajstić information content (AvgIpc) is 2.77. The Morgan fingerprint density at radius 2 is 2.10 bits per heavy atom. The normalized spacial score (nSPS) is 12.8. The van der Waals surface area contributed by atoms with Gasteiger partial charge in [0, 0.05) is 18.8 Å². The quantitative estimate of drug-likeness (QED) is 0.865. The number of imidazole rings is 1. The van der Waals surface area contributed by atoms with Crippen LogP contribution >= 0.6 is 15.9 Å². The molecule has 0 aliphatic carbocycles. The standard InChI is InChI=1S/C13H18BrN5O/c1-8(2)18-13(20)9(3)15-4-10-5-17-12-6-16-11(14)7-19(10)12/h5-9,15H,4H2,1-3H3,(H,18,20). The molecule has 0 aliphatic heterocycles. The number of amides is 1. The fraction of sp³-hybridized carbons (Fsp3) is 0.462. The summed E-state index contributed by atoms with van der Waals surface area (Å²) in [7, 11) is 0. The lowest BCUT2D eigenvalue weighted by atomic mass is 10.2. The van der Waals surface area contributed by atoms with Crippen molar-refractivity contribution in [3.05, 3.63) is 28.9 Å². The third kappa shape index (κ3) is 3.55. The van der Waals surface area contributed by atoms with Crippen LogP contribution in [0.2, 0.25) is 0 Å². The molecule has 108 valence electrons. The highest BCUT2D eigenvalue weighted by atomic mass is 79.9. The largest absolute Gasteiger partial charge is 0.353 e. The molecule has 2 heterocycles. The molecule has 0 bridgehead atoms. The zero-order chi connectivity index (χ0) is 14.7. The van der Waals surface area contributed by atoms with Gasteiger partial charge in [0.1, 0.15) is 4.60 Å². The third-order valence-corrected chi connectivity index (χ3v) is 3.26. The molecule has 0 saturated carbocycles. The number of rotatable bonds is 5. The van der Waals surface area contributed by atoms with E-state index in [1.165, 1.54) is 0 Å². The van der Waals surface area contributed by atoms with Gasteiger partial charge in [-0.05, 0) is 36.7 Å². The van der Waals surface area contributed by atoms with Crippen LogP contribution in [0.4, 0.5) is 0 Å². The molecule has 7 heteroatoms. The second-order valence-electron chi connectivity index (χ2n) is 4.95. The lowest BCUT2D eigenvalue weighted by Gasteiger charge is -2.15. The molecule has 0 aliphatic rings. The van der Waals surface area contributed by atoms with Crippen molar-refractivity contribution < 1.29 is 4.79 Å². The lowest BCUT2D eigenvalue weighted by Crippen LogP contribution is -2.44. The van der Waals surface area contributed by atoms with Crippen molar-refractivity contribution >= 4 is 27.5 Å². The highest BCUT2D eigenvalue weighted by molar-refractivity contribution is 9.10. The number of aromatic nitrogens is 3. The lowest BCUT2D eigenvalue weighted by molar-refractivity contribution is -0.123. The number of hydrogen-bond acceptors (Lipinski definition) is 4. The molecule has 1 unspecified atom stereocenters. The molecule has 0 fully saturated rings. The summed E-state index contributed by atoms with van der Waals surface area (Å²) in [6, 6.07) is -0.113. The van der Waals surface area contributed by atoms with Crippen LogP contribution in [0.25, 0.3) is 5.65 Å². The topological polar surface area (TPSA) is 71.3 Å². The van der Waals surface area contributed by atoms with Crippen LogP contribution in [0.1, 0.15) is 26.5 Å². The fourth-order valence-corrected chi connectivity index (χ4v) is 2.11. The van der Waals surface area contributed by atoms with E-state index < -0.39 is 0 Å². The number of carbonyl (C=O) groups excluding carboxylic acids is 1. The predicted molar refractivity (Wildman–Crippen MR) is 80.3 cm³/mol. The van der Waals surface area contributed by atoms with Crippen LogP contribution in [0.5, 0.6) is 0 Å². The van der Waals surface area contributed by atoms with E-state index in [0.29, 0.717) is 6.54 Å². The van der Waals surface area contributed by atoms with Gasteiger partial charge in [0.25, 0.3) is 0 Å². The molecule has 1 amide bonds. The van der Waals surface area contributed by atoms with E-state index in [1.807, 2.05) is 31.4 Å². The highest BCUT2D eigenvalue weighted by Crippen LogP contribution is 2.10. The summed E-state index contributed by atoms with van der Waals surface area (Å²) in [5.74, 6) is -0.00309.